The van der Waals surface area contributed by atoms with Crippen molar-refractivity contribution in [2.24, 2.45) is 0 Å². The normalized spacial score (nSPS) is 20.2. The number of rotatable bonds is 4. The van der Waals surface area contributed by atoms with Crippen molar-refractivity contribution in [1.29, 1.82) is 0 Å². The predicted octanol–water partition coefficient (Wildman–Crippen LogP) is 3.20. The van der Waals surface area contributed by atoms with E-state index >= 15 is 0 Å². The minimum atomic E-state index is -0.238. The van der Waals surface area contributed by atoms with Crippen LogP contribution in [0.4, 0.5) is 5.13 Å². The van der Waals surface area contributed by atoms with Crippen LogP contribution in [0.15, 0.2) is 35.8 Å². The highest BCUT2D eigenvalue weighted by Gasteiger charge is 2.29. The van der Waals surface area contributed by atoms with Crippen LogP contribution >= 0.6 is 22.9 Å². The molecule has 0 aliphatic carbocycles. The number of anilines is 1. The number of carbonyl (C=O) groups excluding carboxylic acids is 1. The van der Waals surface area contributed by atoms with Gasteiger partial charge in [0.05, 0.1) is 18.8 Å². The molecule has 23 heavy (non-hydrogen) atoms. The number of nitrogens with one attached hydrogen (secondary N) is 1. The molecular formula is C16H18ClN3O2S. The third kappa shape index (κ3) is 4.09. The summed E-state index contributed by atoms with van der Waals surface area (Å²) >= 11 is 7.35. The molecule has 0 unspecified atom stereocenters. The lowest BCUT2D eigenvalue weighted by Crippen LogP contribution is -2.48. The summed E-state index contributed by atoms with van der Waals surface area (Å²) < 4.78 is 5.84. The molecule has 122 valence electrons. The summed E-state index contributed by atoms with van der Waals surface area (Å²) in [6.07, 6.45) is 1.63. The fraction of sp³-hybridized carbons (Fsp3) is 0.375. The van der Waals surface area contributed by atoms with Gasteiger partial charge < -0.3 is 10.1 Å². The zero-order chi connectivity index (χ0) is 16.2. The number of hydrogen-bond acceptors (Lipinski definition) is 5. The maximum absolute atomic E-state index is 12.4. The molecule has 7 heteroatoms. The van der Waals surface area contributed by atoms with E-state index in [4.69, 9.17) is 16.3 Å². The maximum Gasteiger partial charge on any atom is 0.243 e. The number of amides is 1. The van der Waals surface area contributed by atoms with Gasteiger partial charge in [0.25, 0.3) is 0 Å². The van der Waals surface area contributed by atoms with Crippen molar-refractivity contribution in [2.75, 3.05) is 25.0 Å². The van der Waals surface area contributed by atoms with E-state index < -0.39 is 0 Å². The van der Waals surface area contributed by atoms with E-state index in [2.05, 4.69) is 15.2 Å². The molecule has 1 N–H and O–H groups in total. The molecule has 1 aromatic carbocycles. The Bertz CT molecular complexity index is 648. The highest BCUT2D eigenvalue weighted by Crippen LogP contribution is 2.25. The summed E-state index contributed by atoms with van der Waals surface area (Å²) in [7, 11) is 0. The quantitative estimate of drug-likeness (QED) is 0.919. The molecule has 3 rings (SSSR count). The van der Waals surface area contributed by atoms with Gasteiger partial charge in [-0.1, -0.05) is 23.7 Å². The summed E-state index contributed by atoms with van der Waals surface area (Å²) in [5, 5.41) is 6.02. The Hall–Kier alpha value is -1.47. The van der Waals surface area contributed by atoms with Crippen molar-refractivity contribution in [2.45, 2.75) is 19.1 Å². The van der Waals surface area contributed by atoms with Crippen molar-refractivity contribution >= 4 is 34.0 Å². The second-order valence-electron chi connectivity index (χ2n) is 5.41. The Balaban J connectivity index is 1.63. The van der Waals surface area contributed by atoms with Crippen LogP contribution in [0.25, 0.3) is 0 Å². The summed E-state index contributed by atoms with van der Waals surface area (Å²) in [5.74, 6) is -0.0447. The number of ether oxygens (including phenoxy) is 1. The smallest absolute Gasteiger partial charge is 0.243 e. The van der Waals surface area contributed by atoms with Gasteiger partial charge in [-0.25, -0.2) is 4.98 Å². The summed E-state index contributed by atoms with van der Waals surface area (Å²) in [6.45, 7) is 3.92. The molecule has 1 amide bonds. The zero-order valence-electron chi connectivity index (χ0n) is 12.7. The number of hydrogen-bond donors (Lipinski definition) is 1. The third-order valence-corrected chi connectivity index (χ3v) is 4.87. The van der Waals surface area contributed by atoms with Gasteiger partial charge >= 0.3 is 0 Å². The lowest BCUT2D eigenvalue weighted by Gasteiger charge is -2.36. The van der Waals surface area contributed by atoms with Crippen LogP contribution in [0.1, 0.15) is 18.6 Å². The van der Waals surface area contributed by atoms with E-state index in [1.165, 1.54) is 11.3 Å². The average Bonchev–Trinajstić information content (AvgIpc) is 3.08. The second kappa shape index (κ2) is 7.40. The molecule has 0 saturated carbocycles. The molecule has 1 aromatic heterocycles. The maximum atomic E-state index is 12.4. The van der Waals surface area contributed by atoms with Gasteiger partial charge in [-0.05, 0) is 24.6 Å². The highest BCUT2D eigenvalue weighted by atomic mass is 35.5. The fourth-order valence-electron chi connectivity index (χ4n) is 2.56. The van der Waals surface area contributed by atoms with Crippen LogP contribution < -0.4 is 5.32 Å². The van der Waals surface area contributed by atoms with Gasteiger partial charge in [0.1, 0.15) is 0 Å². The molecule has 2 heterocycles. The Morgan fingerprint density at radius 3 is 2.96 bits per heavy atom. The van der Waals surface area contributed by atoms with Crippen LogP contribution in [0.3, 0.4) is 0 Å². The monoisotopic (exact) mass is 351 g/mol. The number of halogens is 1. The predicted molar refractivity (Wildman–Crippen MR) is 91.9 cm³/mol. The average molecular weight is 352 g/mol. The summed E-state index contributed by atoms with van der Waals surface area (Å²) in [4.78, 5) is 18.6. The van der Waals surface area contributed by atoms with Crippen molar-refractivity contribution < 1.29 is 9.53 Å². The van der Waals surface area contributed by atoms with Gasteiger partial charge in [-0.2, -0.15) is 0 Å². The van der Waals surface area contributed by atoms with Crippen molar-refractivity contribution in [3.63, 3.8) is 0 Å². The molecule has 1 aliphatic rings. The molecule has 0 radical (unpaired) electrons. The zero-order valence-corrected chi connectivity index (χ0v) is 14.3. The van der Waals surface area contributed by atoms with Crippen molar-refractivity contribution in [3.8, 4) is 0 Å². The Morgan fingerprint density at radius 2 is 2.26 bits per heavy atom. The van der Waals surface area contributed by atoms with E-state index in [1.54, 1.807) is 6.20 Å². The number of thiazole rings is 1. The first-order chi connectivity index (χ1) is 11.1. The standard InChI is InChI=1S/C16H18ClN3O2S/c1-11(15(21)19-16-18-6-9-23-16)20-7-8-22-14(10-20)12-2-4-13(17)5-3-12/h2-6,9,11,14H,7-8,10H2,1H3,(H,18,19,21)/t11-,14-/m1/s1. The van der Waals surface area contributed by atoms with Crippen LogP contribution in [0.5, 0.6) is 0 Å². The van der Waals surface area contributed by atoms with E-state index in [-0.39, 0.29) is 18.1 Å². The molecule has 5 nitrogen and oxygen atoms in total. The van der Waals surface area contributed by atoms with E-state index in [0.29, 0.717) is 23.3 Å². The van der Waals surface area contributed by atoms with E-state index in [9.17, 15) is 4.79 Å². The van der Waals surface area contributed by atoms with Gasteiger partial charge in [-0.15, -0.1) is 11.3 Å². The first-order valence-corrected chi connectivity index (χ1v) is 8.71. The van der Waals surface area contributed by atoms with Crippen LogP contribution in [0, 0.1) is 0 Å². The third-order valence-electron chi connectivity index (χ3n) is 3.93. The number of carbonyl (C=O) groups is 1. The fourth-order valence-corrected chi connectivity index (χ4v) is 3.22. The van der Waals surface area contributed by atoms with E-state index in [1.807, 2.05) is 36.6 Å². The summed E-state index contributed by atoms with van der Waals surface area (Å²) in [5.41, 5.74) is 1.08. The molecule has 2 atom stereocenters. The van der Waals surface area contributed by atoms with Gasteiger partial charge in [0.15, 0.2) is 5.13 Å². The molecular weight excluding hydrogens is 334 g/mol. The molecule has 0 spiro atoms. The molecule has 1 saturated heterocycles. The largest absolute Gasteiger partial charge is 0.371 e. The SMILES string of the molecule is C[C@H](C(=O)Nc1nccs1)N1CCO[C@@H](c2ccc(Cl)cc2)C1. The Kier molecular flexibility index (Phi) is 5.27. The first-order valence-electron chi connectivity index (χ1n) is 7.45. The summed E-state index contributed by atoms with van der Waals surface area (Å²) in [6, 6.07) is 7.42. The lowest BCUT2D eigenvalue weighted by atomic mass is 10.1. The van der Waals surface area contributed by atoms with Crippen molar-refractivity contribution in [1.82, 2.24) is 9.88 Å². The number of aromatic nitrogens is 1. The number of morpholine rings is 1. The van der Waals surface area contributed by atoms with Gasteiger partial charge in [0, 0.05) is 29.7 Å². The molecule has 1 fully saturated rings. The van der Waals surface area contributed by atoms with Crippen LogP contribution in [-0.4, -0.2) is 41.5 Å². The number of nitrogens with zero attached hydrogens (tertiary/aromatic N) is 2. The molecule has 1 aliphatic heterocycles. The highest BCUT2D eigenvalue weighted by molar-refractivity contribution is 7.13. The Morgan fingerprint density at radius 1 is 1.48 bits per heavy atom. The minimum Gasteiger partial charge on any atom is -0.371 e. The lowest BCUT2D eigenvalue weighted by molar-refractivity contribution is -0.124. The minimum absolute atomic E-state index is 0.0447. The number of benzene rings is 1. The first kappa shape index (κ1) is 16.4. The molecule has 2 aromatic rings. The van der Waals surface area contributed by atoms with Crippen LogP contribution in [0.2, 0.25) is 5.02 Å². The topological polar surface area (TPSA) is 54.5 Å². The van der Waals surface area contributed by atoms with Crippen molar-refractivity contribution in [3.05, 3.63) is 46.4 Å². The second-order valence-corrected chi connectivity index (χ2v) is 6.74. The van der Waals surface area contributed by atoms with E-state index in [0.717, 1.165) is 12.1 Å². The molecule has 0 bridgehead atoms. The van der Waals surface area contributed by atoms with Gasteiger partial charge in [-0.3, -0.25) is 9.69 Å². The van der Waals surface area contributed by atoms with Gasteiger partial charge in [0.2, 0.25) is 5.91 Å². The Labute approximate surface area is 144 Å². The van der Waals surface area contributed by atoms with Crippen LogP contribution in [-0.2, 0) is 9.53 Å².